The largest absolute Gasteiger partial charge is 0.436 e. The number of nitrogens with zero attached hydrogens (tertiary/aromatic N) is 2. The highest BCUT2D eigenvalue weighted by atomic mass is 19.1. The topological polar surface area (TPSA) is 56.3 Å². The lowest BCUT2D eigenvalue weighted by atomic mass is 10.3. The lowest BCUT2D eigenvalue weighted by Gasteiger charge is -2.09. The van der Waals surface area contributed by atoms with Crippen molar-refractivity contribution in [2.45, 2.75) is 6.61 Å². The van der Waals surface area contributed by atoms with Gasteiger partial charge in [0.05, 0.1) is 0 Å². The molecule has 5 nitrogen and oxygen atoms in total. The zero-order chi connectivity index (χ0) is 13.7. The highest BCUT2D eigenvalue weighted by Gasteiger charge is 2.08. The van der Waals surface area contributed by atoms with Crippen LogP contribution in [0.1, 0.15) is 5.82 Å². The van der Waals surface area contributed by atoms with Crippen molar-refractivity contribution in [1.82, 2.24) is 9.97 Å². The van der Waals surface area contributed by atoms with Crippen molar-refractivity contribution in [3.05, 3.63) is 42.0 Å². The molecule has 1 aromatic heterocycles. The first-order valence-electron chi connectivity index (χ1n) is 5.70. The van der Waals surface area contributed by atoms with Gasteiger partial charge in [0.1, 0.15) is 12.4 Å². The Balaban J connectivity index is 2.29. The minimum Gasteiger partial charge on any atom is -0.436 e. The third kappa shape index (κ3) is 3.38. The Labute approximate surface area is 110 Å². The van der Waals surface area contributed by atoms with E-state index in [1.54, 1.807) is 32.4 Å². The summed E-state index contributed by atoms with van der Waals surface area (Å²) >= 11 is 0. The van der Waals surface area contributed by atoms with Crippen LogP contribution in [0.2, 0.25) is 0 Å². The molecule has 2 rings (SSSR count). The Morgan fingerprint density at radius 3 is 2.74 bits per heavy atom. The first-order chi connectivity index (χ1) is 9.22. The molecule has 6 heteroatoms. The Kier molecular flexibility index (Phi) is 4.25. The minimum absolute atomic E-state index is 0.117. The van der Waals surface area contributed by atoms with Crippen molar-refractivity contribution >= 4 is 5.82 Å². The molecule has 0 fully saturated rings. The van der Waals surface area contributed by atoms with Crippen LogP contribution in [0.3, 0.4) is 0 Å². The van der Waals surface area contributed by atoms with Gasteiger partial charge in [0.2, 0.25) is 5.88 Å². The molecule has 0 saturated carbocycles. The van der Waals surface area contributed by atoms with Crippen molar-refractivity contribution in [1.29, 1.82) is 0 Å². The molecule has 2 aromatic rings. The van der Waals surface area contributed by atoms with E-state index >= 15 is 0 Å². The zero-order valence-corrected chi connectivity index (χ0v) is 10.7. The van der Waals surface area contributed by atoms with E-state index in [1.807, 2.05) is 0 Å². The van der Waals surface area contributed by atoms with E-state index < -0.39 is 5.82 Å². The third-order valence-electron chi connectivity index (χ3n) is 2.33. The molecule has 19 heavy (non-hydrogen) atoms. The van der Waals surface area contributed by atoms with E-state index in [2.05, 4.69) is 15.3 Å². The molecule has 1 N–H and O–H groups in total. The molecule has 0 radical (unpaired) electrons. The molecule has 0 unspecified atom stereocenters. The van der Waals surface area contributed by atoms with Gasteiger partial charge in [0.25, 0.3) is 0 Å². The van der Waals surface area contributed by atoms with Gasteiger partial charge in [-0.15, -0.1) is 0 Å². The lowest BCUT2D eigenvalue weighted by Crippen LogP contribution is -2.03. The van der Waals surface area contributed by atoms with Crippen molar-refractivity contribution < 1.29 is 13.9 Å². The lowest BCUT2D eigenvalue weighted by molar-refractivity contribution is 0.177. The normalized spacial score (nSPS) is 10.3. The first kappa shape index (κ1) is 13.2. The second kappa shape index (κ2) is 6.10. The fourth-order valence-electron chi connectivity index (χ4n) is 1.49. The summed E-state index contributed by atoms with van der Waals surface area (Å²) in [6.07, 6.45) is 0. The van der Waals surface area contributed by atoms with Crippen LogP contribution in [0.15, 0.2) is 30.3 Å². The SMILES string of the molecule is CNc1cc(Oc2ccccc2F)nc(COC)n1. The Morgan fingerprint density at radius 1 is 1.26 bits per heavy atom. The summed E-state index contributed by atoms with van der Waals surface area (Å²) in [6, 6.07) is 7.73. The minimum atomic E-state index is -0.444. The highest BCUT2D eigenvalue weighted by Crippen LogP contribution is 2.24. The molecule has 0 atom stereocenters. The van der Waals surface area contributed by atoms with E-state index in [4.69, 9.17) is 9.47 Å². The van der Waals surface area contributed by atoms with Crippen LogP contribution in [-0.2, 0) is 11.3 Å². The summed E-state index contributed by atoms with van der Waals surface area (Å²) in [5.41, 5.74) is 0. The maximum absolute atomic E-state index is 13.5. The molecule has 100 valence electrons. The van der Waals surface area contributed by atoms with E-state index in [1.165, 1.54) is 12.1 Å². The number of para-hydroxylation sites is 1. The fourth-order valence-corrected chi connectivity index (χ4v) is 1.49. The van der Waals surface area contributed by atoms with Gasteiger partial charge in [-0.3, -0.25) is 0 Å². The maximum Gasteiger partial charge on any atom is 0.224 e. The van der Waals surface area contributed by atoms with E-state index in [9.17, 15) is 4.39 Å². The fraction of sp³-hybridized carbons (Fsp3) is 0.231. The van der Waals surface area contributed by atoms with Gasteiger partial charge < -0.3 is 14.8 Å². The third-order valence-corrected chi connectivity index (χ3v) is 2.33. The van der Waals surface area contributed by atoms with Crippen LogP contribution in [0.25, 0.3) is 0 Å². The van der Waals surface area contributed by atoms with Crippen LogP contribution in [0, 0.1) is 5.82 Å². The van der Waals surface area contributed by atoms with Crippen molar-refractivity contribution in [3.8, 4) is 11.6 Å². The van der Waals surface area contributed by atoms with Gasteiger partial charge in [-0.05, 0) is 12.1 Å². The molecular formula is C13H14FN3O2. The molecule has 1 heterocycles. The molecule has 0 spiro atoms. The molecule has 0 aliphatic rings. The summed E-state index contributed by atoms with van der Waals surface area (Å²) in [7, 11) is 3.28. The quantitative estimate of drug-likeness (QED) is 0.898. The monoisotopic (exact) mass is 263 g/mol. The van der Waals surface area contributed by atoms with Gasteiger partial charge in [0.15, 0.2) is 17.4 Å². The smallest absolute Gasteiger partial charge is 0.224 e. The molecule has 0 aliphatic heterocycles. The van der Waals surface area contributed by atoms with Crippen LogP contribution in [0.5, 0.6) is 11.6 Å². The summed E-state index contributed by atoms with van der Waals surface area (Å²) in [5.74, 6) is 0.970. The summed E-state index contributed by atoms with van der Waals surface area (Å²) in [5, 5.41) is 2.89. The average molecular weight is 263 g/mol. The second-order valence-corrected chi connectivity index (χ2v) is 3.72. The van der Waals surface area contributed by atoms with Gasteiger partial charge in [-0.1, -0.05) is 12.1 Å². The highest BCUT2D eigenvalue weighted by molar-refractivity contribution is 5.39. The van der Waals surface area contributed by atoms with Gasteiger partial charge in [-0.25, -0.2) is 9.37 Å². The molecule has 1 aromatic carbocycles. The predicted molar refractivity (Wildman–Crippen MR) is 68.8 cm³/mol. The zero-order valence-electron chi connectivity index (χ0n) is 10.7. The molecular weight excluding hydrogens is 249 g/mol. The molecule has 0 bridgehead atoms. The van der Waals surface area contributed by atoms with Gasteiger partial charge >= 0.3 is 0 Å². The van der Waals surface area contributed by atoms with Crippen LogP contribution >= 0.6 is 0 Å². The number of anilines is 1. The Bertz CT molecular complexity index is 563. The van der Waals surface area contributed by atoms with Crippen molar-refractivity contribution in [3.63, 3.8) is 0 Å². The number of nitrogens with one attached hydrogen (secondary N) is 1. The number of methoxy groups -OCH3 is 1. The first-order valence-corrected chi connectivity index (χ1v) is 5.70. The molecule has 0 amide bonds. The number of benzene rings is 1. The average Bonchev–Trinajstić information content (AvgIpc) is 2.41. The summed E-state index contributed by atoms with van der Waals surface area (Å²) < 4.78 is 23.9. The number of halogens is 1. The molecule has 0 saturated heterocycles. The Morgan fingerprint density at radius 2 is 2.05 bits per heavy atom. The second-order valence-electron chi connectivity index (χ2n) is 3.72. The predicted octanol–water partition coefficient (Wildman–Crippen LogP) is 2.60. The summed E-state index contributed by atoms with van der Waals surface area (Å²) in [6.45, 7) is 0.253. The molecule has 0 aliphatic carbocycles. The number of hydrogen-bond acceptors (Lipinski definition) is 5. The van der Waals surface area contributed by atoms with Crippen LogP contribution < -0.4 is 10.1 Å². The van der Waals surface area contributed by atoms with E-state index in [-0.39, 0.29) is 18.2 Å². The Hall–Kier alpha value is -2.21. The van der Waals surface area contributed by atoms with Crippen molar-refractivity contribution in [2.24, 2.45) is 0 Å². The van der Waals surface area contributed by atoms with Gasteiger partial charge in [-0.2, -0.15) is 4.98 Å². The van der Waals surface area contributed by atoms with E-state index in [0.29, 0.717) is 11.6 Å². The van der Waals surface area contributed by atoms with Crippen LogP contribution in [0.4, 0.5) is 10.2 Å². The van der Waals surface area contributed by atoms with E-state index in [0.717, 1.165) is 0 Å². The standard InChI is InChI=1S/C13H14FN3O2/c1-15-11-7-13(17-12(16-11)8-18-2)19-10-6-4-3-5-9(10)14/h3-7H,8H2,1-2H3,(H,15,16,17). The van der Waals surface area contributed by atoms with Crippen LogP contribution in [-0.4, -0.2) is 24.1 Å². The number of aromatic nitrogens is 2. The number of hydrogen-bond donors (Lipinski definition) is 1. The number of rotatable bonds is 5. The number of ether oxygens (including phenoxy) is 2. The summed E-state index contributed by atoms with van der Waals surface area (Å²) in [4.78, 5) is 8.33. The maximum atomic E-state index is 13.5. The van der Waals surface area contributed by atoms with Gasteiger partial charge in [0, 0.05) is 20.2 Å². The van der Waals surface area contributed by atoms with Crippen molar-refractivity contribution in [2.75, 3.05) is 19.5 Å².